The Labute approximate surface area is 177 Å². The smallest absolute Gasteiger partial charge is 0.168 e. The Bertz CT molecular complexity index is 916. The van der Waals surface area contributed by atoms with Gasteiger partial charge < -0.3 is 4.90 Å². The number of tetrazole rings is 1. The van der Waals surface area contributed by atoms with Gasteiger partial charge in [-0.25, -0.2) is 9.07 Å². The maximum Gasteiger partial charge on any atom is 0.168 e. The minimum Gasteiger partial charge on any atom is -0.369 e. The number of hydrogen-bond acceptors (Lipinski definition) is 5. The second kappa shape index (κ2) is 9.34. The number of halogens is 1. The Balaban J connectivity index is 1.43. The van der Waals surface area contributed by atoms with Crippen LogP contribution >= 0.6 is 0 Å². The molecule has 0 bridgehead atoms. The van der Waals surface area contributed by atoms with Crippen molar-refractivity contribution < 1.29 is 4.39 Å². The molecule has 1 saturated heterocycles. The van der Waals surface area contributed by atoms with Gasteiger partial charge in [0, 0.05) is 38.4 Å². The highest BCUT2D eigenvalue weighted by molar-refractivity contribution is 5.46. The number of benzene rings is 2. The first kappa shape index (κ1) is 20.5. The van der Waals surface area contributed by atoms with Crippen molar-refractivity contribution in [2.75, 3.05) is 31.1 Å². The van der Waals surface area contributed by atoms with Gasteiger partial charge in [0.2, 0.25) is 0 Å². The Morgan fingerprint density at radius 2 is 1.63 bits per heavy atom. The van der Waals surface area contributed by atoms with E-state index in [2.05, 4.69) is 63.4 Å². The van der Waals surface area contributed by atoms with E-state index in [1.807, 2.05) is 22.9 Å². The van der Waals surface area contributed by atoms with Crippen LogP contribution in [0.1, 0.15) is 31.3 Å². The van der Waals surface area contributed by atoms with Crippen LogP contribution in [0.4, 0.5) is 10.1 Å². The highest BCUT2D eigenvalue weighted by Gasteiger charge is 2.31. The summed E-state index contributed by atoms with van der Waals surface area (Å²) in [4.78, 5) is 4.79. The first-order chi connectivity index (χ1) is 14.6. The zero-order valence-corrected chi connectivity index (χ0v) is 17.7. The average molecular weight is 409 g/mol. The molecule has 1 aromatic heterocycles. The Morgan fingerprint density at radius 3 is 2.30 bits per heavy atom. The maximum absolute atomic E-state index is 13.2. The van der Waals surface area contributed by atoms with E-state index in [4.69, 9.17) is 0 Å². The van der Waals surface area contributed by atoms with Gasteiger partial charge in [0.25, 0.3) is 0 Å². The minimum atomic E-state index is -0.195. The molecular weight excluding hydrogens is 379 g/mol. The Hall–Kier alpha value is -2.80. The van der Waals surface area contributed by atoms with Crippen LogP contribution < -0.4 is 4.90 Å². The summed E-state index contributed by atoms with van der Waals surface area (Å²) in [6.45, 7) is 8.88. The first-order valence-corrected chi connectivity index (χ1v) is 10.7. The van der Waals surface area contributed by atoms with Crippen molar-refractivity contribution in [3.8, 4) is 0 Å². The fourth-order valence-corrected chi connectivity index (χ4v) is 4.26. The van der Waals surface area contributed by atoms with Gasteiger partial charge in [0.05, 0.1) is 6.04 Å². The molecule has 6 nitrogen and oxygen atoms in total. The second-order valence-electron chi connectivity index (χ2n) is 8.18. The van der Waals surface area contributed by atoms with Crippen LogP contribution in [0.5, 0.6) is 0 Å². The lowest BCUT2D eigenvalue weighted by Gasteiger charge is -2.41. The monoisotopic (exact) mass is 408 g/mol. The summed E-state index contributed by atoms with van der Waals surface area (Å²) in [6, 6.07) is 17.4. The van der Waals surface area contributed by atoms with Crippen LogP contribution in [0.25, 0.3) is 0 Å². The normalized spacial score (nSPS) is 16.2. The van der Waals surface area contributed by atoms with E-state index in [0.717, 1.165) is 50.7 Å². The molecule has 4 rings (SSSR count). The maximum atomic E-state index is 13.2. The van der Waals surface area contributed by atoms with Gasteiger partial charge in [-0.2, -0.15) is 0 Å². The standard InChI is InChI=1S/C23H29FN6/c1-18(2)22(23-25-26-27-30(23)13-12-19-6-4-3-5-7-19)29-16-14-28(15-17-29)21-10-8-20(24)9-11-21/h3-11,18,22H,12-17H2,1-2H3. The van der Waals surface area contributed by atoms with Crippen LogP contribution in [-0.2, 0) is 13.0 Å². The third-order valence-electron chi connectivity index (χ3n) is 5.81. The predicted molar refractivity (Wildman–Crippen MR) is 116 cm³/mol. The highest BCUT2D eigenvalue weighted by atomic mass is 19.1. The van der Waals surface area contributed by atoms with E-state index < -0.39 is 0 Å². The molecule has 7 heteroatoms. The molecule has 1 atom stereocenters. The molecule has 30 heavy (non-hydrogen) atoms. The van der Waals surface area contributed by atoms with E-state index in [1.165, 1.54) is 17.7 Å². The molecule has 1 aliphatic heterocycles. The number of hydrogen-bond donors (Lipinski definition) is 0. The van der Waals surface area contributed by atoms with Crippen LogP contribution in [-0.4, -0.2) is 51.3 Å². The molecule has 0 spiro atoms. The van der Waals surface area contributed by atoms with Gasteiger partial charge in [0.1, 0.15) is 5.82 Å². The molecule has 2 heterocycles. The summed E-state index contributed by atoms with van der Waals surface area (Å²) < 4.78 is 15.2. The topological polar surface area (TPSA) is 50.1 Å². The fraction of sp³-hybridized carbons (Fsp3) is 0.435. The van der Waals surface area contributed by atoms with Crippen molar-refractivity contribution in [2.24, 2.45) is 5.92 Å². The molecular formula is C23H29FN6. The molecule has 0 radical (unpaired) electrons. The van der Waals surface area contributed by atoms with Crippen molar-refractivity contribution in [1.82, 2.24) is 25.1 Å². The quantitative estimate of drug-likeness (QED) is 0.598. The van der Waals surface area contributed by atoms with Crippen molar-refractivity contribution in [1.29, 1.82) is 0 Å². The van der Waals surface area contributed by atoms with Crippen LogP contribution in [0, 0.1) is 11.7 Å². The Morgan fingerprint density at radius 1 is 0.933 bits per heavy atom. The predicted octanol–water partition coefficient (Wildman–Crippen LogP) is 3.57. The third-order valence-corrected chi connectivity index (χ3v) is 5.81. The summed E-state index contributed by atoms with van der Waals surface area (Å²) in [5.74, 6) is 1.14. The molecule has 158 valence electrons. The molecule has 3 aromatic rings. The van der Waals surface area contributed by atoms with E-state index in [-0.39, 0.29) is 11.9 Å². The van der Waals surface area contributed by atoms with Crippen LogP contribution in [0.3, 0.4) is 0 Å². The molecule has 1 unspecified atom stereocenters. The number of piperazine rings is 1. The summed E-state index contributed by atoms with van der Waals surface area (Å²) in [7, 11) is 0. The zero-order chi connectivity index (χ0) is 20.9. The molecule has 0 saturated carbocycles. The van der Waals surface area contributed by atoms with Crippen molar-refractivity contribution in [3.63, 3.8) is 0 Å². The van der Waals surface area contributed by atoms with Gasteiger partial charge in [-0.15, -0.1) is 5.10 Å². The summed E-state index contributed by atoms with van der Waals surface area (Å²) >= 11 is 0. The molecule has 0 amide bonds. The van der Waals surface area contributed by atoms with Gasteiger partial charge in [-0.1, -0.05) is 44.2 Å². The van der Waals surface area contributed by atoms with Gasteiger partial charge in [0.15, 0.2) is 5.82 Å². The number of rotatable bonds is 7. The van der Waals surface area contributed by atoms with Gasteiger partial charge in [-0.05, 0) is 52.6 Å². The molecule has 2 aromatic carbocycles. The van der Waals surface area contributed by atoms with Gasteiger partial charge >= 0.3 is 0 Å². The van der Waals surface area contributed by atoms with Gasteiger partial charge in [-0.3, -0.25) is 4.90 Å². The lowest BCUT2D eigenvalue weighted by Crippen LogP contribution is -2.49. The fourth-order valence-electron chi connectivity index (χ4n) is 4.26. The SMILES string of the molecule is CC(C)C(c1nnnn1CCc1ccccc1)N1CCN(c2ccc(F)cc2)CC1. The lowest BCUT2D eigenvalue weighted by molar-refractivity contribution is 0.134. The van der Waals surface area contributed by atoms with E-state index in [9.17, 15) is 4.39 Å². The summed E-state index contributed by atoms with van der Waals surface area (Å²) in [5.41, 5.74) is 2.36. The number of anilines is 1. The van der Waals surface area contributed by atoms with Crippen molar-refractivity contribution in [2.45, 2.75) is 32.9 Å². The van der Waals surface area contributed by atoms with Crippen molar-refractivity contribution in [3.05, 3.63) is 71.8 Å². The number of aryl methyl sites for hydroxylation is 2. The molecule has 0 N–H and O–H groups in total. The second-order valence-corrected chi connectivity index (χ2v) is 8.18. The van der Waals surface area contributed by atoms with Crippen LogP contribution in [0.2, 0.25) is 0 Å². The summed E-state index contributed by atoms with van der Waals surface area (Å²) in [5, 5.41) is 12.7. The minimum absolute atomic E-state index is 0.172. The van der Waals surface area contributed by atoms with E-state index in [0.29, 0.717) is 5.92 Å². The first-order valence-electron chi connectivity index (χ1n) is 10.7. The van der Waals surface area contributed by atoms with Crippen molar-refractivity contribution >= 4 is 5.69 Å². The lowest BCUT2D eigenvalue weighted by atomic mass is 10.0. The number of aromatic nitrogens is 4. The third kappa shape index (κ3) is 4.67. The zero-order valence-electron chi connectivity index (χ0n) is 17.7. The largest absolute Gasteiger partial charge is 0.369 e. The molecule has 1 fully saturated rings. The highest BCUT2D eigenvalue weighted by Crippen LogP contribution is 2.29. The van der Waals surface area contributed by atoms with E-state index >= 15 is 0 Å². The molecule has 1 aliphatic rings. The Kier molecular flexibility index (Phi) is 6.38. The summed E-state index contributed by atoms with van der Waals surface area (Å²) in [6.07, 6.45) is 0.905. The van der Waals surface area contributed by atoms with Crippen LogP contribution in [0.15, 0.2) is 54.6 Å². The average Bonchev–Trinajstić information content (AvgIpc) is 3.22. The molecule has 0 aliphatic carbocycles. The number of nitrogens with zero attached hydrogens (tertiary/aromatic N) is 6. The van der Waals surface area contributed by atoms with E-state index in [1.54, 1.807) is 0 Å².